The lowest BCUT2D eigenvalue weighted by molar-refractivity contribution is -0.118. The molecule has 0 heterocycles. The molecule has 0 saturated heterocycles. The molecule has 1 saturated carbocycles. The van der Waals surface area contributed by atoms with Crippen molar-refractivity contribution < 1.29 is 15.0 Å². The van der Waals surface area contributed by atoms with E-state index in [-0.39, 0.29) is 17.4 Å². The molecule has 1 amide bonds. The summed E-state index contributed by atoms with van der Waals surface area (Å²) in [6, 6.07) is 18.6. The maximum Gasteiger partial charge on any atom is 0.235 e. The first-order chi connectivity index (χ1) is 13.9. The average Bonchev–Trinajstić information content (AvgIpc) is 3.54. The van der Waals surface area contributed by atoms with Crippen LogP contribution in [0.1, 0.15) is 29.5 Å². The van der Waals surface area contributed by atoms with Crippen molar-refractivity contribution in [1.82, 2.24) is 0 Å². The van der Waals surface area contributed by atoms with Gasteiger partial charge in [-0.1, -0.05) is 36.4 Å². The summed E-state index contributed by atoms with van der Waals surface area (Å²) in [6.07, 6.45) is 1.42. The summed E-state index contributed by atoms with van der Waals surface area (Å²) in [5.41, 5.74) is 10.8. The first-order valence-corrected chi connectivity index (χ1v) is 9.67. The van der Waals surface area contributed by atoms with E-state index in [4.69, 9.17) is 5.73 Å². The molecular weight excluding hydrogens is 364 g/mol. The van der Waals surface area contributed by atoms with Crippen LogP contribution < -0.4 is 11.1 Å². The number of hydrogen-bond acceptors (Lipinski definition) is 4. The SMILES string of the molecule is Cc1ccc(NC(=O)C2(c3ccc(O)c(O)c3)CC2)cc1-c1ccc(CN)cc1. The van der Waals surface area contributed by atoms with Crippen molar-refractivity contribution in [2.45, 2.75) is 31.7 Å². The number of aromatic hydroxyl groups is 2. The fourth-order valence-corrected chi connectivity index (χ4v) is 3.67. The number of phenolic OH excluding ortho intramolecular Hbond substituents is 2. The lowest BCUT2D eigenvalue weighted by Gasteiger charge is -2.17. The number of aryl methyl sites for hydroxylation is 1. The van der Waals surface area contributed by atoms with Crippen LogP contribution in [0.25, 0.3) is 11.1 Å². The summed E-state index contributed by atoms with van der Waals surface area (Å²) in [7, 11) is 0. The Hall–Kier alpha value is -3.31. The number of carbonyl (C=O) groups is 1. The monoisotopic (exact) mass is 388 g/mol. The molecule has 0 bridgehead atoms. The summed E-state index contributed by atoms with van der Waals surface area (Å²) < 4.78 is 0. The number of phenols is 2. The van der Waals surface area contributed by atoms with E-state index in [2.05, 4.69) is 5.32 Å². The standard InChI is InChI=1S/C24H24N2O3/c1-15-2-8-19(13-20(15)17-5-3-16(14-25)4-6-17)26-23(29)24(10-11-24)18-7-9-21(27)22(28)12-18/h2-9,12-13,27-28H,10-11,14,25H2,1H3,(H,26,29). The molecule has 0 atom stereocenters. The summed E-state index contributed by atoms with van der Waals surface area (Å²) in [5.74, 6) is -0.496. The lowest BCUT2D eigenvalue weighted by Crippen LogP contribution is -2.27. The van der Waals surface area contributed by atoms with Gasteiger partial charge >= 0.3 is 0 Å². The van der Waals surface area contributed by atoms with Gasteiger partial charge in [0.2, 0.25) is 5.91 Å². The maximum absolute atomic E-state index is 13.0. The van der Waals surface area contributed by atoms with Gasteiger partial charge in [-0.15, -0.1) is 0 Å². The smallest absolute Gasteiger partial charge is 0.235 e. The van der Waals surface area contributed by atoms with Gasteiger partial charge in [-0.05, 0) is 71.8 Å². The zero-order valence-electron chi connectivity index (χ0n) is 16.3. The summed E-state index contributed by atoms with van der Waals surface area (Å²) >= 11 is 0. The van der Waals surface area contributed by atoms with Crippen LogP contribution in [-0.4, -0.2) is 16.1 Å². The number of benzene rings is 3. The second-order valence-corrected chi connectivity index (χ2v) is 7.67. The van der Waals surface area contributed by atoms with Gasteiger partial charge in [-0.3, -0.25) is 4.79 Å². The molecule has 29 heavy (non-hydrogen) atoms. The summed E-state index contributed by atoms with van der Waals surface area (Å²) in [5, 5.41) is 22.4. The fourth-order valence-electron chi connectivity index (χ4n) is 3.67. The third-order valence-corrected chi connectivity index (χ3v) is 5.71. The van der Waals surface area contributed by atoms with Crippen LogP contribution in [0.15, 0.2) is 60.7 Å². The van der Waals surface area contributed by atoms with E-state index < -0.39 is 5.41 Å². The van der Waals surface area contributed by atoms with Gasteiger partial charge in [-0.25, -0.2) is 0 Å². The molecule has 1 aliphatic carbocycles. The van der Waals surface area contributed by atoms with E-state index in [0.29, 0.717) is 19.4 Å². The number of carbonyl (C=O) groups excluding carboxylic acids is 1. The van der Waals surface area contributed by atoms with E-state index in [1.807, 2.05) is 49.4 Å². The molecule has 1 aliphatic rings. The molecule has 148 valence electrons. The molecule has 4 rings (SSSR count). The molecule has 5 heteroatoms. The molecule has 0 aliphatic heterocycles. The zero-order valence-corrected chi connectivity index (χ0v) is 16.3. The predicted molar refractivity (Wildman–Crippen MR) is 114 cm³/mol. The number of hydrogen-bond donors (Lipinski definition) is 4. The Balaban J connectivity index is 1.59. The molecule has 3 aromatic rings. The molecule has 5 N–H and O–H groups in total. The molecule has 0 unspecified atom stereocenters. The molecule has 0 radical (unpaired) electrons. The number of anilines is 1. The Morgan fingerprint density at radius 3 is 2.34 bits per heavy atom. The minimum atomic E-state index is -0.654. The van der Waals surface area contributed by atoms with Gasteiger partial charge in [0.15, 0.2) is 11.5 Å². The fraction of sp³-hybridized carbons (Fsp3) is 0.208. The van der Waals surface area contributed by atoms with Gasteiger partial charge in [0.05, 0.1) is 5.41 Å². The van der Waals surface area contributed by atoms with Gasteiger partial charge in [0.25, 0.3) is 0 Å². The van der Waals surface area contributed by atoms with Crippen LogP contribution >= 0.6 is 0 Å². The Labute approximate surface area is 169 Å². The van der Waals surface area contributed by atoms with Crippen molar-refractivity contribution in [3.05, 3.63) is 77.4 Å². The Kier molecular flexibility index (Phi) is 4.76. The first-order valence-electron chi connectivity index (χ1n) is 9.67. The second kappa shape index (κ2) is 7.26. The highest BCUT2D eigenvalue weighted by Crippen LogP contribution is 2.50. The van der Waals surface area contributed by atoms with E-state index in [9.17, 15) is 15.0 Å². The second-order valence-electron chi connectivity index (χ2n) is 7.67. The zero-order chi connectivity index (χ0) is 20.6. The van der Waals surface area contributed by atoms with Crippen molar-refractivity contribution >= 4 is 11.6 Å². The lowest BCUT2D eigenvalue weighted by atomic mass is 9.94. The highest BCUT2D eigenvalue weighted by Gasteiger charge is 2.51. The minimum absolute atomic E-state index is 0.101. The van der Waals surface area contributed by atoms with E-state index in [1.165, 1.54) is 12.1 Å². The van der Waals surface area contributed by atoms with Gasteiger partial charge in [0.1, 0.15) is 0 Å². The van der Waals surface area contributed by atoms with Crippen molar-refractivity contribution in [1.29, 1.82) is 0 Å². The molecule has 0 aromatic heterocycles. The molecule has 0 spiro atoms. The normalized spacial score (nSPS) is 14.4. The van der Waals surface area contributed by atoms with E-state index >= 15 is 0 Å². The van der Waals surface area contributed by atoms with Crippen molar-refractivity contribution in [2.24, 2.45) is 5.73 Å². The van der Waals surface area contributed by atoms with E-state index in [1.54, 1.807) is 6.07 Å². The van der Waals surface area contributed by atoms with Gasteiger partial charge in [-0.2, -0.15) is 0 Å². The molecular formula is C24H24N2O3. The highest BCUT2D eigenvalue weighted by molar-refractivity contribution is 6.02. The Morgan fingerprint density at radius 1 is 1.00 bits per heavy atom. The van der Waals surface area contributed by atoms with Crippen LogP contribution in [0.5, 0.6) is 11.5 Å². The van der Waals surface area contributed by atoms with Crippen LogP contribution in [0.2, 0.25) is 0 Å². The maximum atomic E-state index is 13.0. The summed E-state index contributed by atoms with van der Waals surface area (Å²) in [4.78, 5) is 13.0. The average molecular weight is 388 g/mol. The van der Waals surface area contributed by atoms with Crippen LogP contribution in [0.3, 0.4) is 0 Å². The van der Waals surface area contributed by atoms with Crippen molar-refractivity contribution in [3.8, 4) is 22.6 Å². The number of rotatable bonds is 5. The van der Waals surface area contributed by atoms with Crippen LogP contribution in [0, 0.1) is 6.92 Å². The quantitative estimate of drug-likeness (QED) is 0.493. The van der Waals surface area contributed by atoms with Gasteiger partial charge < -0.3 is 21.3 Å². The third-order valence-electron chi connectivity index (χ3n) is 5.71. The van der Waals surface area contributed by atoms with Gasteiger partial charge in [0, 0.05) is 12.2 Å². The van der Waals surface area contributed by atoms with E-state index in [0.717, 1.165) is 33.5 Å². The highest BCUT2D eigenvalue weighted by atomic mass is 16.3. The number of nitrogens with one attached hydrogen (secondary N) is 1. The molecule has 1 fully saturated rings. The number of amides is 1. The third kappa shape index (κ3) is 3.57. The Bertz CT molecular complexity index is 1070. The largest absolute Gasteiger partial charge is 0.504 e. The van der Waals surface area contributed by atoms with Crippen molar-refractivity contribution in [3.63, 3.8) is 0 Å². The molecule has 3 aromatic carbocycles. The number of nitrogens with two attached hydrogens (primary N) is 1. The topological polar surface area (TPSA) is 95.6 Å². The van der Waals surface area contributed by atoms with Crippen LogP contribution in [0.4, 0.5) is 5.69 Å². The first kappa shape index (κ1) is 19.0. The Morgan fingerprint density at radius 2 is 1.72 bits per heavy atom. The van der Waals surface area contributed by atoms with Crippen LogP contribution in [-0.2, 0) is 16.8 Å². The summed E-state index contributed by atoms with van der Waals surface area (Å²) in [6.45, 7) is 2.55. The predicted octanol–water partition coefficient (Wildman–Crippen LogP) is 4.20. The molecule has 5 nitrogen and oxygen atoms in total. The minimum Gasteiger partial charge on any atom is -0.504 e. The van der Waals surface area contributed by atoms with Crippen molar-refractivity contribution in [2.75, 3.05) is 5.32 Å².